The van der Waals surface area contributed by atoms with Crippen LogP contribution in [0.4, 0.5) is 5.69 Å². The minimum absolute atomic E-state index is 0.149. The Balaban J connectivity index is 2.88. The molecule has 0 saturated heterocycles. The van der Waals surface area contributed by atoms with Gasteiger partial charge in [0, 0.05) is 25.1 Å². The maximum absolute atomic E-state index is 3.89. The molecule has 1 aromatic carbocycles. The molecule has 0 aliphatic carbocycles. The van der Waals surface area contributed by atoms with Crippen molar-refractivity contribution in [3.8, 4) is 0 Å². The smallest absolute Gasteiger partial charge is 0.0417 e. The fraction of sp³-hybridized carbons (Fsp3) is 0.357. The van der Waals surface area contributed by atoms with Crippen molar-refractivity contribution >= 4 is 11.9 Å². The SMILES string of the molecule is C/N=C/C=C\Nc1ccccc1C(C)(C)C. The van der Waals surface area contributed by atoms with Crippen LogP contribution in [0.1, 0.15) is 26.3 Å². The van der Waals surface area contributed by atoms with E-state index in [0.29, 0.717) is 0 Å². The topological polar surface area (TPSA) is 24.4 Å². The molecule has 0 fully saturated rings. The summed E-state index contributed by atoms with van der Waals surface area (Å²) >= 11 is 0. The van der Waals surface area contributed by atoms with Crippen LogP contribution in [0.3, 0.4) is 0 Å². The van der Waals surface area contributed by atoms with Gasteiger partial charge in [-0.15, -0.1) is 0 Å². The zero-order valence-electron chi connectivity index (χ0n) is 10.5. The highest BCUT2D eigenvalue weighted by Crippen LogP contribution is 2.28. The lowest BCUT2D eigenvalue weighted by molar-refractivity contribution is 0.592. The maximum Gasteiger partial charge on any atom is 0.0417 e. The maximum atomic E-state index is 3.89. The quantitative estimate of drug-likeness (QED) is 0.767. The van der Waals surface area contributed by atoms with E-state index in [0.717, 1.165) is 5.69 Å². The summed E-state index contributed by atoms with van der Waals surface area (Å²) in [6, 6.07) is 8.36. The summed E-state index contributed by atoms with van der Waals surface area (Å²) in [4.78, 5) is 3.89. The predicted molar refractivity (Wildman–Crippen MR) is 72.3 cm³/mol. The third kappa shape index (κ3) is 3.54. The Labute approximate surface area is 98.1 Å². The summed E-state index contributed by atoms with van der Waals surface area (Å²) in [6.45, 7) is 6.64. The van der Waals surface area contributed by atoms with Gasteiger partial charge in [-0.25, -0.2) is 0 Å². The van der Waals surface area contributed by atoms with Gasteiger partial charge in [0.2, 0.25) is 0 Å². The van der Waals surface area contributed by atoms with Gasteiger partial charge in [0.1, 0.15) is 0 Å². The van der Waals surface area contributed by atoms with Gasteiger partial charge in [-0.05, 0) is 23.1 Å². The van der Waals surface area contributed by atoms with Crippen LogP contribution in [0, 0.1) is 0 Å². The van der Waals surface area contributed by atoms with Gasteiger partial charge < -0.3 is 5.32 Å². The fourth-order valence-corrected chi connectivity index (χ4v) is 1.53. The molecule has 2 heteroatoms. The summed E-state index contributed by atoms with van der Waals surface area (Å²) in [7, 11) is 1.76. The van der Waals surface area contributed by atoms with Gasteiger partial charge >= 0.3 is 0 Å². The van der Waals surface area contributed by atoms with E-state index in [4.69, 9.17) is 0 Å². The first-order valence-electron chi connectivity index (χ1n) is 5.49. The molecule has 1 aromatic rings. The van der Waals surface area contributed by atoms with E-state index < -0.39 is 0 Å². The van der Waals surface area contributed by atoms with Crippen LogP contribution in [0.25, 0.3) is 0 Å². The van der Waals surface area contributed by atoms with Gasteiger partial charge in [-0.3, -0.25) is 4.99 Å². The minimum atomic E-state index is 0.149. The number of nitrogens with zero attached hydrogens (tertiary/aromatic N) is 1. The van der Waals surface area contributed by atoms with Crippen LogP contribution in [-0.4, -0.2) is 13.3 Å². The van der Waals surface area contributed by atoms with Gasteiger partial charge in [0.25, 0.3) is 0 Å². The second kappa shape index (κ2) is 5.50. The molecule has 86 valence electrons. The van der Waals surface area contributed by atoms with Crippen LogP contribution in [0.15, 0.2) is 41.5 Å². The molecule has 0 bridgehead atoms. The van der Waals surface area contributed by atoms with Crippen molar-refractivity contribution in [1.82, 2.24) is 0 Å². The first-order valence-corrected chi connectivity index (χ1v) is 5.49. The number of rotatable bonds is 3. The van der Waals surface area contributed by atoms with E-state index in [1.807, 2.05) is 18.3 Å². The summed E-state index contributed by atoms with van der Waals surface area (Å²) in [6.07, 6.45) is 5.55. The molecule has 1 N–H and O–H groups in total. The largest absolute Gasteiger partial charge is 0.361 e. The van der Waals surface area contributed by atoms with Crippen LogP contribution in [-0.2, 0) is 5.41 Å². The van der Waals surface area contributed by atoms with E-state index in [1.165, 1.54) is 5.56 Å². The van der Waals surface area contributed by atoms with Gasteiger partial charge in [-0.2, -0.15) is 0 Å². The number of para-hydroxylation sites is 1. The summed E-state index contributed by atoms with van der Waals surface area (Å²) < 4.78 is 0. The third-order valence-electron chi connectivity index (χ3n) is 2.31. The third-order valence-corrected chi connectivity index (χ3v) is 2.31. The second-order valence-corrected chi connectivity index (χ2v) is 4.71. The molecule has 2 nitrogen and oxygen atoms in total. The van der Waals surface area contributed by atoms with E-state index in [-0.39, 0.29) is 5.41 Å². The highest BCUT2D eigenvalue weighted by atomic mass is 14.8. The Morgan fingerprint density at radius 3 is 2.50 bits per heavy atom. The number of anilines is 1. The van der Waals surface area contributed by atoms with Crippen LogP contribution in [0.2, 0.25) is 0 Å². The Morgan fingerprint density at radius 2 is 1.88 bits per heavy atom. The van der Waals surface area contributed by atoms with Crippen molar-refractivity contribution in [2.75, 3.05) is 12.4 Å². The zero-order valence-corrected chi connectivity index (χ0v) is 10.5. The van der Waals surface area contributed by atoms with Crippen LogP contribution < -0.4 is 5.32 Å². The second-order valence-electron chi connectivity index (χ2n) is 4.71. The number of nitrogens with one attached hydrogen (secondary N) is 1. The van der Waals surface area contributed by atoms with Gasteiger partial charge in [0.05, 0.1) is 0 Å². The molecule has 0 aliphatic rings. The lowest BCUT2D eigenvalue weighted by Gasteiger charge is -2.22. The average molecular weight is 216 g/mol. The number of hydrogen-bond donors (Lipinski definition) is 1. The van der Waals surface area contributed by atoms with Crippen molar-refractivity contribution in [3.63, 3.8) is 0 Å². The van der Waals surface area contributed by atoms with Crippen molar-refractivity contribution in [2.45, 2.75) is 26.2 Å². The minimum Gasteiger partial charge on any atom is -0.361 e. The standard InChI is InChI=1S/C14H20N2/c1-14(2,3)12-8-5-6-9-13(12)16-11-7-10-15-4/h5-11,16H,1-4H3/b11-7-,15-10+. The molecule has 0 heterocycles. The Morgan fingerprint density at radius 1 is 1.19 bits per heavy atom. The highest BCUT2D eigenvalue weighted by molar-refractivity contribution is 5.71. The number of allylic oxidation sites excluding steroid dienone is 1. The molecule has 0 atom stereocenters. The zero-order chi connectivity index (χ0) is 12.0. The molecular formula is C14H20N2. The Bertz CT molecular complexity index is 384. The van der Waals surface area contributed by atoms with Gasteiger partial charge in [-0.1, -0.05) is 39.0 Å². The van der Waals surface area contributed by atoms with Crippen LogP contribution in [0.5, 0.6) is 0 Å². The van der Waals surface area contributed by atoms with Crippen LogP contribution >= 0.6 is 0 Å². The lowest BCUT2D eigenvalue weighted by atomic mass is 9.86. The molecule has 0 aliphatic heterocycles. The fourth-order valence-electron chi connectivity index (χ4n) is 1.53. The van der Waals surface area contributed by atoms with Gasteiger partial charge in [0.15, 0.2) is 0 Å². The first kappa shape index (κ1) is 12.5. The van der Waals surface area contributed by atoms with Crippen molar-refractivity contribution in [1.29, 1.82) is 0 Å². The number of hydrogen-bond acceptors (Lipinski definition) is 2. The molecule has 0 saturated carbocycles. The molecule has 16 heavy (non-hydrogen) atoms. The molecule has 0 amide bonds. The average Bonchev–Trinajstić information content (AvgIpc) is 2.24. The molecule has 0 radical (unpaired) electrons. The predicted octanol–water partition coefficient (Wildman–Crippen LogP) is 3.61. The van der Waals surface area contributed by atoms with Crippen molar-refractivity contribution in [2.24, 2.45) is 4.99 Å². The number of aliphatic imine (C=N–C) groups is 1. The summed E-state index contributed by atoms with van der Waals surface area (Å²) in [5, 5.41) is 3.28. The van der Waals surface area contributed by atoms with E-state index in [1.54, 1.807) is 13.3 Å². The van der Waals surface area contributed by atoms with E-state index >= 15 is 0 Å². The molecule has 0 unspecified atom stereocenters. The summed E-state index contributed by atoms with van der Waals surface area (Å²) in [5.74, 6) is 0. The molecule has 1 rings (SSSR count). The Hall–Kier alpha value is -1.57. The van der Waals surface area contributed by atoms with Crippen molar-refractivity contribution < 1.29 is 0 Å². The first-order chi connectivity index (χ1) is 7.55. The summed E-state index contributed by atoms with van der Waals surface area (Å²) in [5.41, 5.74) is 2.61. The number of benzene rings is 1. The lowest BCUT2D eigenvalue weighted by Crippen LogP contribution is -2.13. The monoisotopic (exact) mass is 216 g/mol. The molecular weight excluding hydrogens is 196 g/mol. The Kier molecular flexibility index (Phi) is 4.29. The van der Waals surface area contributed by atoms with E-state index in [2.05, 4.69) is 49.3 Å². The molecule has 0 spiro atoms. The molecule has 0 aromatic heterocycles. The van der Waals surface area contributed by atoms with E-state index in [9.17, 15) is 0 Å². The van der Waals surface area contributed by atoms with Crippen molar-refractivity contribution in [3.05, 3.63) is 42.1 Å². The normalized spacial score (nSPS) is 12.5. The highest BCUT2D eigenvalue weighted by Gasteiger charge is 2.16.